The monoisotopic (exact) mass is 233 g/mol. The number of rotatable bonds is 7. The highest BCUT2D eigenvalue weighted by Gasteiger charge is 2.21. The van der Waals surface area contributed by atoms with Crippen LogP contribution in [-0.2, 0) is 9.59 Å². The van der Waals surface area contributed by atoms with Gasteiger partial charge in [-0.25, -0.2) is 0 Å². The number of amides is 1. The molecule has 0 heterocycles. The highest BCUT2D eigenvalue weighted by Crippen LogP contribution is 2.09. The van der Waals surface area contributed by atoms with Gasteiger partial charge in [-0.1, -0.05) is 13.8 Å². The lowest BCUT2D eigenvalue weighted by atomic mass is 10.2. The average molecular weight is 233 g/mol. The topological polar surface area (TPSA) is 57.6 Å². The quantitative estimate of drug-likeness (QED) is 0.720. The fourth-order valence-electron chi connectivity index (χ4n) is 1.33. The summed E-state index contributed by atoms with van der Waals surface area (Å²) >= 11 is 1.60. The maximum absolute atomic E-state index is 11.8. The molecule has 0 aromatic heterocycles. The van der Waals surface area contributed by atoms with Crippen LogP contribution in [0.15, 0.2) is 0 Å². The van der Waals surface area contributed by atoms with Gasteiger partial charge in [0.2, 0.25) is 5.91 Å². The number of carbonyl (C=O) groups excluding carboxylic acids is 1. The molecule has 1 atom stereocenters. The first-order valence-corrected chi connectivity index (χ1v) is 6.41. The van der Waals surface area contributed by atoms with Crippen LogP contribution in [0, 0.1) is 5.92 Å². The Morgan fingerprint density at radius 3 is 2.47 bits per heavy atom. The Bertz CT molecular complexity index is 221. The van der Waals surface area contributed by atoms with Gasteiger partial charge in [-0.3, -0.25) is 9.59 Å². The molecule has 0 spiro atoms. The Labute approximate surface area is 95.0 Å². The molecule has 15 heavy (non-hydrogen) atoms. The number of hydrogen-bond acceptors (Lipinski definition) is 3. The summed E-state index contributed by atoms with van der Waals surface area (Å²) in [6.45, 7) is 4.10. The molecule has 5 heteroatoms. The van der Waals surface area contributed by atoms with Crippen molar-refractivity contribution in [2.45, 2.75) is 20.3 Å². The summed E-state index contributed by atoms with van der Waals surface area (Å²) < 4.78 is 0. The Kier molecular flexibility index (Phi) is 7.21. The molecule has 1 N–H and O–H groups in total. The van der Waals surface area contributed by atoms with Crippen LogP contribution in [0.25, 0.3) is 0 Å². The fraction of sp³-hybridized carbons (Fsp3) is 0.800. The molecule has 0 aliphatic carbocycles. The molecule has 0 saturated carbocycles. The van der Waals surface area contributed by atoms with Crippen molar-refractivity contribution in [3.05, 3.63) is 0 Å². The van der Waals surface area contributed by atoms with E-state index in [-0.39, 0.29) is 18.4 Å². The highest BCUT2D eigenvalue weighted by molar-refractivity contribution is 7.98. The Hall–Kier alpha value is -0.710. The summed E-state index contributed by atoms with van der Waals surface area (Å²) in [6.07, 6.45) is 2.72. The van der Waals surface area contributed by atoms with Crippen molar-refractivity contribution in [3.8, 4) is 0 Å². The van der Waals surface area contributed by atoms with E-state index in [1.807, 2.05) is 20.1 Å². The lowest BCUT2D eigenvalue weighted by Gasteiger charge is -2.23. The van der Waals surface area contributed by atoms with E-state index >= 15 is 0 Å². The zero-order chi connectivity index (χ0) is 11.8. The highest BCUT2D eigenvalue weighted by atomic mass is 32.2. The predicted molar refractivity (Wildman–Crippen MR) is 62.1 cm³/mol. The van der Waals surface area contributed by atoms with Gasteiger partial charge in [-0.15, -0.1) is 0 Å². The summed E-state index contributed by atoms with van der Waals surface area (Å²) in [6, 6.07) is 0. The zero-order valence-corrected chi connectivity index (χ0v) is 10.3. The van der Waals surface area contributed by atoms with Crippen LogP contribution in [0.1, 0.15) is 20.3 Å². The smallest absolute Gasteiger partial charge is 0.323 e. The molecule has 0 fully saturated rings. The molecule has 4 nitrogen and oxygen atoms in total. The van der Waals surface area contributed by atoms with Crippen molar-refractivity contribution in [2.75, 3.05) is 25.1 Å². The van der Waals surface area contributed by atoms with Crippen molar-refractivity contribution in [1.82, 2.24) is 4.90 Å². The van der Waals surface area contributed by atoms with Crippen molar-refractivity contribution < 1.29 is 14.7 Å². The van der Waals surface area contributed by atoms with Gasteiger partial charge in [-0.2, -0.15) is 11.8 Å². The van der Waals surface area contributed by atoms with Crippen molar-refractivity contribution in [3.63, 3.8) is 0 Å². The second-order valence-electron chi connectivity index (χ2n) is 3.51. The first kappa shape index (κ1) is 14.3. The molecule has 0 aliphatic heterocycles. The van der Waals surface area contributed by atoms with Crippen molar-refractivity contribution >= 4 is 23.6 Å². The van der Waals surface area contributed by atoms with Gasteiger partial charge < -0.3 is 10.0 Å². The maximum Gasteiger partial charge on any atom is 0.323 e. The lowest BCUT2D eigenvalue weighted by Crippen LogP contribution is -2.40. The van der Waals surface area contributed by atoms with Gasteiger partial charge in [0.15, 0.2) is 0 Å². The molecule has 0 aliphatic rings. The van der Waals surface area contributed by atoms with Gasteiger partial charge in [0.1, 0.15) is 6.54 Å². The summed E-state index contributed by atoms with van der Waals surface area (Å²) in [5.74, 6) is -0.383. The molecular weight excluding hydrogens is 214 g/mol. The van der Waals surface area contributed by atoms with E-state index in [0.717, 1.165) is 12.2 Å². The van der Waals surface area contributed by atoms with Gasteiger partial charge in [0, 0.05) is 18.2 Å². The zero-order valence-electron chi connectivity index (χ0n) is 9.52. The van der Waals surface area contributed by atoms with E-state index in [0.29, 0.717) is 6.54 Å². The number of carboxylic acid groups (broad SMARTS) is 1. The molecule has 0 rings (SSSR count). The Balaban J connectivity index is 4.32. The number of carboxylic acids is 1. The van der Waals surface area contributed by atoms with Gasteiger partial charge in [0.05, 0.1) is 0 Å². The van der Waals surface area contributed by atoms with E-state index in [1.165, 1.54) is 4.90 Å². The van der Waals surface area contributed by atoms with Crippen LogP contribution in [-0.4, -0.2) is 47.0 Å². The number of aliphatic carboxylic acids is 1. The van der Waals surface area contributed by atoms with E-state index in [2.05, 4.69) is 0 Å². The third-order valence-corrected chi connectivity index (χ3v) is 2.80. The van der Waals surface area contributed by atoms with Crippen LogP contribution in [0.5, 0.6) is 0 Å². The Morgan fingerprint density at radius 1 is 1.47 bits per heavy atom. The fourth-order valence-corrected chi connectivity index (χ4v) is 1.98. The molecule has 1 amide bonds. The summed E-state index contributed by atoms with van der Waals surface area (Å²) in [5, 5.41) is 8.67. The molecular formula is C10H19NO3S. The molecule has 88 valence electrons. The van der Waals surface area contributed by atoms with Gasteiger partial charge >= 0.3 is 5.97 Å². The van der Waals surface area contributed by atoms with Crippen LogP contribution in [0.4, 0.5) is 0 Å². The Morgan fingerprint density at radius 2 is 2.07 bits per heavy atom. The van der Waals surface area contributed by atoms with Gasteiger partial charge in [-0.05, 0) is 12.7 Å². The van der Waals surface area contributed by atoms with Crippen LogP contribution in [0.2, 0.25) is 0 Å². The average Bonchev–Trinajstić information content (AvgIpc) is 2.16. The van der Waals surface area contributed by atoms with E-state index in [1.54, 1.807) is 11.8 Å². The predicted octanol–water partition coefficient (Wildman–Crippen LogP) is 1.31. The lowest BCUT2D eigenvalue weighted by molar-refractivity contribution is -0.145. The SMILES string of the molecule is CCCN(CC(=O)O)C(=O)C(C)CSC. The minimum absolute atomic E-state index is 0.0615. The van der Waals surface area contributed by atoms with Crippen molar-refractivity contribution in [1.29, 1.82) is 0 Å². The van der Waals surface area contributed by atoms with Crippen LogP contribution < -0.4 is 0 Å². The molecule has 0 saturated heterocycles. The second kappa shape index (κ2) is 7.56. The normalized spacial score (nSPS) is 12.2. The number of nitrogens with zero attached hydrogens (tertiary/aromatic N) is 1. The second-order valence-corrected chi connectivity index (χ2v) is 4.42. The van der Waals surface area contributed by atoms with Crippen LogP contribution in [0.3, 0.4) is 0 Å². The third kappa shape index (κ3) is 5.67. The third-order valence-electron chi connectivity index (χ3n) is 1.97. The molecule has 1 unspecified atom stereocenters. The summed E-state index contributed by atoms with van der Waals surface area (Å²) in [7, 11) is 0. The molecule has 0 aromatic carbocycles. The van der Waals surface area contributed by atoms with Crippen LogP contribution >= 0.6 is 11.8 Å². The first-order chi connectivity index (χ1) is 7.02. The number of carbonyl (C=O) groups is 2. The van der Waals surface area contributed by atoms with E-state index in [4.69, 9.17) is 5.11 Å². The first-order valence-electron chi connectivity index (χ1n) is 5.02. The molecule has 0 bridgehead atoms. The van der Waals surface area contributed by atoms with Crippen molar-refractivity contribution in [2.24, 2.45) is 5.92 Å². The standard InChI is InChI=1S/C10H19NO3S/c1-4-5-11(6-9(12)13)10(14)8(2)7-15-3/h8H,4-7H2,1-3H3,(H,12,13). The number of thioether (sulfide) groups is 1. The minimum atomic E-state index is -0.951. The van der Waals surface area contributed by atoms with E-state index < -0.39 is 5.97 Å². The molecule has 0 aromatic rings. The van der Waals surface area contributed by atoms with E-state index in [9.17, 15) is 9.59 Å². The summed E-state index contributed by atoms with van der Waals surface area (Å²) in [4.78, 5) is 23.8. The maximum atomic E-state index is 11.8. The van der Waals surface area contributed by atoms with Gasteiger partial charge in [0.25, 0.3) is 0 Å². The molecule has 0 radical (unpaired) electrons. The number of hydrogen-bond donors (Lipinski definition) is 1. The summed E-state index contributed by atoms with van der Waals surface area (Å²) in [5.41, 5.74) is 0. The minimum Gasteiger partial charge on any atom is -0.480 e. The largest absolute Gasteiger partial charge is 0.480 e.